The van der Waals surface area contributed by atoms with E-state index >= 15 is 0 Å². The summed E-state index contributed by atoms with van der Waals surface area (Å²) in [5.41, 5.74) is -0.837. The smallest absolute Gasteiger partial charge is 0.329 e. The second-order valence-corrected chi connectivity index (χ2v) is 5.53. The average molecular weight is 312 g/mol. The molecule has 1 atom stereocenters. The van der Waals surface area contributed by atoms with Crippen LogP contribution in [0.4, 0.5) is 0 Å². The van der Waals surface area contributed by atoms with E-state index in [9.17, 15) is 14.7 Å². The van der Waals surface area contributed by atoms with E-state index in [1.54, 1.807) is 19.1 Å². The zero-order chi connectivity index (χ0) is 15.6. The number of carboxylic acids is 1. The second kappa shape index (κ2) is 5.93. The molecule has 1 fully saturated rings. The Hall–Kier alpha value is -1.75. The lowest BCUT2D eigenvalue weighted by Crippen LogP contribution is -2.52. The fourth-order valence-corrected chi connectivity index (χ4v) is 3.08. The van der Waals surface area contributed by atoms with Crippen LogP contribution in [0, 0.1) is 0 Å². The van der Waals surface area contributed by atoms with E-state index in [0.29, 0.717) is 42.1 Å². The molecule has 1 aromatic rings. The van der Waals surface area contributed by atoms with E-state index in [4.69, 9.17) is 16.3 Å². The van der Waals surface area contributed by atoms with Crippen LogP contribution in [0.25, 0.3) is 0 Å². The number of hydrogen-bond acceptors (Lipinski definition) is 3. The number of ether oxygens (including phenoxy) is 1. The fourth-order valence-electron chi connectivity index (χ4n) is 2.91. The van der Waals surface area contributed by atoms with E-state index in [1.807, 2.05) is 0 Å². The van der Waals surface area contributed by atoms with Gasteiger partial charge in [-0.2, -0.15) is 0 Å². The maximum absolute atomic E-state index is 12.8. The summed E-state index contributed by atoms with van der Waals surface area (Å²) < 4.78 is 5.19. The predicted molar refractivity (Wildman–Crippen MR) is 78.9 cm³/mol. The molecule has 1 amide bonds. The monoisotopic (exact) mass is 311 g/mol. The minimum Gasteiger partial charge on any atom is -0.496 e. The second-order valence-electron chi connectivity index (χ2n) is 5.10. The highest BCUT2D eigenvalue weighted by Gasteiger charge is 2.49. The summed E-state index contributed by atoms with van der Waals surface area (Å²) in [6.45, 7) is 2.21. The van der Waals surface area contributed by atoms with Crippen LogP contribution in [0.5, 0.6) is 5.75 Å². The Morgan fingerprint density at radius 2 is 2.19 bits per heavy atom. The third-order valence-corrected chi connectivity index (χ3v) is 4.34. The van der Waals surface area contributed by atoms with Crippen LogP contribution in [0.2, 0.25) is 5.02 Å². The van der Waals surface area contributed by atoms with Gasteiger partial charge in [0.1, 0.15) is 11.3 Å². The SMILES string of the molecule is CCC1(C(=O)O)CCCN1C(=O)c1cc(Cl)ccc1OC. The molecule has 1 N–H and O–H groups in total. The van der Waals surface area contributed by atoms with E-state index in [0.717, 1.165) is 0 Å². The molecule has 0 aromatic heterocycles. The number of amides is 1. The minimum absolute atomic E-state index is 0.297. The topological polar surface area (TPSA) is 66.8 Å². The lowest BCUT2D eigenvalue weighted by atomic mass is 9.92. The van der Waals surface area contributed by atoms with Crippen molar-refractivity contribution in [3.8, 4) is 5.75 Å². The van der Waals surface area contributed by atoms with Gasteiger partial charge in [0, 0.05) is 11.6 Å². The number of benzene rings is 1. The Bertz CT molecular complexity index is 575. The molecule has 1 saturated heterocycles. The predicted octanol–water partition coefficient (Wildman–Crippen LogP) is 2.82. The number of halogens is 1. The number of hydrogen-bond donors (Lipinski definition) is 1. The molecule has 1 unspecified atom stereocenters. The number of methoxy groups -OCH3 is 1. The quantitative estimate of drug-likeness (QED) is 0.928. The van der Waals surface area contributed by atoms with Gasteiger partial charge in [0.2, 0.25) is 0 Å². The summed E-state index contributed by atoms with van der Waals surface area (Å²) in [7, 11) is 1.47. The van der Waals surface area contributed by atoms with Crippen molar-refractivity contribution in [2.45, 2.75) is 31.7 Å². The minimum atomic E-state index is -1.13. The lowest BCUT2D eigenvalue weighted by Gasteiger charge is -2.34. The normalized spacial score (nSPS) is 21.4. The molecule has 2 rings (SSSR count). The van der Waals surface area contributed by atoms with Crippen molar-refractivity contribution >= 4 is 23.5 Å². The van der Waals surface area contributed by atoms with Crippen LogP contribution in [0.15, 0.2) is 18.2 Å². The maximum Gasteiger partial charge on any atom is 0.329 e. The Kier molecular flexibility index (Phi) is 4.42. The van der Waals surface area contributed by atoms with Crippen molar-refractivity contribution in [1.29, 1.82) is 0 Å². The molecule has 1 heterocycles. The van der Waals surface area contributed by atoms with Gasteiger partial charge >= 0.3 is 5.97 Å². The molecule has 0 radical (unpaired) electrons. The number of carbonyl (C=O) groups excluding carboxylic acids is 1. The first-order valence-electron chi connectivity index (χ1n) is 6.85. The van der Waals surface area contributed by atoms with Gasteiger partial charge in [-0.3, -0.25) is 4.79 Å². The summed E-state index contributed by atoms with van der Waals surface area (Å²) in [5, 5.41) is 9.97. The van der Waals surface area contributed by atoms with E-state index < -0.39 is 11.5 Å². The van der Waals surface area contributed by atoms with Crippen LogP contribution in [-0.2, 0) is 4.79 Å². The van der Waals surface area contributed by atoms with Gasteiger partial charge in [0.15, 0.2) is 0 Å². The molecule has 0 bridgehead atoms. The van der Waals surface area contributed by atoms with E-state index in [2.05, 4.69) is 0 Å². The highest BCUT2D eigenvalue weighted by atomic mass is 35.5. The van der Waals surface area contributed by atoms with Crippen LogP contribution < -0.4 is 4.74 Å². The van der Waals surface area contributed by atoms with E-state index in [-0.39, 0.29) is 5.91 Å². The van der Waals surface area contributed by atoms with Crippen molar-refractivity contribution in [3.63, 3.8) is 0 Å². The number of nitrogens with zero attached hydrogens (tertiary/aromatic N) is 1. The fraction of sp³-hybridized carbons (Fsp3) is 0.467. The largest absolute Gasteiger partial charge is 0.496 e. The molecule has 114 valence electrons. The van der Waals surface area contributed by atoms with Crippen molar-refractivity contribution in [3.05, 3.63) is 28.8 Å². The Labute approximate surface area is 128 Å². The zero-order valence-electron chi connectivity index (χ0n) is 12.1. The van der Waals surface area contributed by atoms with Crippen molar-refractivity contribution < 1.29 is 19.4 Å². The highest BCUT2D eigenvalue weighted by molar-refractivity contribution is 6.31. The van der Waals surface area contributed by atoms with Gasteiger partial charge in [-0.05, 0) is 37.5 Å². The summed E-state index contributed by atoms with van der Waals surface area (Å²) in [4.78, 5) is 25.9. The van der Waals surface area contributed by atoms with Crippen LogP contribution in [0.1, 0.15) is 36.5 Å². The van der Waals surface area contributed by atoms with Gasteiger partial charge in [-0.15, -0.1) is 0 Å². The number of aliphatic carboxylic acids is 1. The van der Waals surface area contributed by atoms with Gasteiger partial charge in [-0.1, -0.05) is 18.5 Å². The van der Waals surface area contributed by atoms with Crippen LogP contribution in [0.3, 0.4) is 0 Å². The van der Waals surface area contributed by atoms with Gasteiger partial charge in [0.05, 0.1) is 12.7 Å². The average Bonchev–Trinajstić information content (AvgIpc) is 2.91. The number of carbonyl (C=O) groups is 2. The van der Waals surface area contributed by atoms with Gasteiger partial charge in [0.25, 0.3) is 5.91 Å². The van der Waals surface area contributed by atoms with Crippen LogP contribution >= 0.6 is 11.6 Å². The molecular weight excluding hydrogens is 294 g/mol. The number of carboxylic acid groups (broad SMARTS) is 1. The Balaban J connectivity index is 2.44. The molecule has 5 nitrogen and oxygen atoms in total. The molecule has 1 aliphatic heterocycles. The van der Waals surface area contributed by atoms with Crippen LogP contribution in [-0.4, -0.2) is 41.1 Å². The first-order chi connectivity index (χ1) is 9.96. The molecule has 0 saturated carbocycles. The first kappa shape index (κ1) is 15.6. The lowest BCUT2D eigenvalue weighted by molar-refractivity contribution is -0.148. The third kappa shape index (κ3) is 2.58. The standard InChI is InChI=1S/C15H18ClNO4/c1-3-15(14(19)20)7-4-8-17(15)13(18)11-9-10(16)5-6-12(11)21-2/h5-6,9H,3-4,7-8H2,1-2H3,(H,19,20). The molecule has 0 spiro atoms. The van der Waals surface area contributed by atoms with E-state index in [1.165, 1.54) is 18.1 Å². The number of likely N-dealkylation sites (tertiary alicyclic amines) is 1. The third-order valence-electron chi connectivity index (χ3n) is 4.11. The van der Waals surface area contributed by atoms with Gasteiger partial charge in [-0.25, -0.2) is 4.79 Å². The van der Waals surface area contributed by atoms with Gasteiger partial charge < -0.3 is 14.7 Å². The summed E-state index contributed by atoms with van der Waals surface area (Å²) in [6, 6.07) is 4.76. The van der Waals surface area contributed by atoms with Crippen molar-refractivity contribution in [2.75, 3.05) is 13.7 Å². The maximum atomic E-state index is 12.8. The molecule has 6 heteroatoms. The highest BCUT2D eigenvalue weighted by Crippen LogP contribution is 2.36. The molecular formula is C15H18ClNO4. The first-order valence-corrected chi connectivity index (χ1v) is 7.23. The Morgan fingerprint density at radius 1 is 1.48 bits per heavy atom. The summed E-state index contributed by atoms with van der Waals surface area (Å²) >= 11 is 5.95. The molecule has 21 heavy (non-hydrogen) atoms. The van der Waals surface area contributed by atoms with Crippen molar-refractivity contribution in [2.24, 2.45) is 0 Å². The molecule has 1 aliphatic rings. The van der Waals surface area contributed by atoms with Crippen molar-refractivity contribution in [1.82, 2.24) is 4.90 Å². The Morgan fingerprint density at radius 3 is 2.76 bits per heavy atom. The summed E-state index contributed by atoms with van der Waals surface area (Å²) in [5.74, 6) is -0.917. The number of rotatable bonds is 4. The molecule has 1 aromatic carbocycles. The zero-order valence-corrected chi connectivity index (χ0v) is 12.8. The summed E-state index contributed by atoms with van der Waals surface area (Å²) in [6.07, 6.45) is 1.51. The molecule has 0 aliphatic carbocycles.